The number of imidazole rings is 1. The average molecular weight is 383 g/mol. The van der Waals surface area contributed by atoms with E-state index in [2.05, 4.69) is 16.8 Å². The molecule has 0 N–H and O–H groups in total. The zero-order chi connectivity index (χ0) is 19.5. The van der Waals surface area contributed by atoms with E-state index in [0.717, 1.165) is 45.6 Å². The quantitative estimate of drug-likeness (QED) is 0.815. The van der Waals surface area contributed by atoms with E-state index in [4.69, 9.17) is 0 Å². The van der Waals surface area contributed by atoms with Gasteiger partial charge in [0, 0.05) is 45.5 Å². The first kappa shape index (κ1) is 18.9. The maximum atomic E-state index is 13.2. The summed E-state index contributed by atoms with van der Waals surface area (Å²) >= 11 is 0. The number of pyridine rings is 1. The average Bonchev–Trinajstić information content (AvgIpc) is 2.92. The number of hydrogen-bond acceptors (Lipinski definition) is 4. The van der Waals surface area contributed by atoms with Crippen molar-refractivity contribution in [1.82, 2.24) is 24.1 Å². The fourth-order valence-corrected chi connectivity index (χ4v) is 4.18. The summed E-state index contributed by atoms with van der Waals surface area (Å²) in [6.45, 7) is 7.84. The minimum atomic E-state index is -0.0909. The normalized spacial score (nSPS) is 19.0. The molecule has 150 valence electrons. The minimum Gasteiger partial charge on any atom is -0.337 e. The van der Waals surface area contributed by atoms with Crippen LogP contribution >= 0.6 is 0 Å². The SMILES string of the molecule is CCN1CCN(C(=O)c2nc(C(=O)N3CCCCCC3)c3ccccn23)CC1. The number of amides is 2. The highest BCUT2D eigenvalue weighted by atomic mass is 16.2. The number of nitrogens with zero attached hydrogens (tertiary/aromatic N) is 5. The molecule has 2 aliphatic heterocycles. The molecule has 0 atom stereocenters. The van der Waals surface area contributed by atoms with Gasteiger partial charge in [-0.2, -0.15) is 0 Å². The first-order chi connectivity index (χ1) is 13.7. The standard InChI is InChI=1S/C21H29N5O2/c1-2-23-13-15-25(16-14-23)21(28)19-22-18(17-9-5-8-12-26(17)19)20(27)24-10-6-3-4-7-11-24/h5,8-9,12H,2-4,6-7,10-11,13-16H2,1H3. The third kappa shape index (κ3) is 3.63. The van der Waals surface area contributed by atoms with Gasteiger partial charge in [0.2, 0.25) is 5.82 Å². The van der Waals surface area contributed by atoms with Crippen LogP contribution in [-0.2, 0) is 0 Å². The lowest BCUT2D eigenvalue weighted by Crippen LogP contribution is -2.48. The van der Waals surface area contributed by atoms with Gasteiger partial charge in [-0.25, -0.2) is 4.98 Å². The summed E-state index contributed by atoms with van der Waals surface area (Å²) in [6.07, 6.45) is 6.23. The monoisotopic (exact) mass is 383 g/mol. The summed E-state index contributed by atoms with van der Waals surface area (Å²) < 4.78 is 1.78. The van der Waals surface area contributed by atoms with Gasteiger partial charge < -0.3 is 14.7 Å². The molecule has 7 heteroatoms. The Morgan fingerprint density at radius 3 is 2.25 bits per heavy atom. The maximum Gasteiger partial charge on any atom is 0.290 e. The smallest absolute Gasteiger partial charge is 0.290 e. The molecule has 2 amide bonds. The van der Waals surface area contributed by atoms with Gasteiger partial charge in [-0.1, -0.05) is 25.8 Å². The fourth-order valence-electron chi connectivity index (χ4n) is 4.18. The Balaban J connectivity index is 1.63. The molecule has 0 bridgehead atoms. The van der Waals surface area contributed by atoms with Crippen molar-refractivity contribution in [2.75, 3.05) is 45.8 Å². The van der Waals surface area contributed by atoms with E-state index in [1.807, 2.05) is 34.2 Å². The summed E-state index contributed by atoms with van der Waals surface area (Å²) in [5.74, 6) is 0.200. The second-order valence-corrected chi connectivity index (χ2v) is 7.67. The highest BCUT2D eigenvalue weighted by Crippen LogP contribution is 2.19. The van der Waals surface area contributed by atoms with Gasteiger partial charge >= 0.3 is 0 Å². The Morgan fingerprint density at radius 2 is 1.57 bits per heavy atom. The summed E-state index contributed by atoms with van der Waals surface area (Å²) in [5.41, 5.74) is 1.12. The lowest BCUT2D eigenvalue weighted by Gasteiger charge is -2.33. The molecule has 4 rings (SSSR count). The van der Waals surface area contributed by atoms with E-state index in [1.165, 1.54) is 12.8 Å². The Bertz CT molecular complexity index is 846. The molecule has 7 nitrogen and oxygen atoms in total. The van der Waals surface area contributed by atoms with Crippen molar-refractivity contribution in [2.24, 2.45) is 0 Å². The van der Waals surface area contributed by atoms with Crippen LogP contribution in [0.2, 0.25) is 0 Å². The topological polar surface area (TPSA) is 61.2 Å². The lowest BCUT2D eigenvalue weighted by atomic mass is 10.2. The maximum absolute atomic E-state index is 13.2. The number of rotatable bonds is 3. The van der Waals surface area contributed by atoms with Crippen molar-refractivity contribution >= 4 is 17.3 Å². The predicted octanol–water partition coefficient (Wildman–Crippen LogP) is 2.13. The molecule has 0 unspecified atom stereocenters. The molecule has 2 aromatic rings. The second kappa shape index (κ2) is 8.31. The number of piperazine rings is 1. The predicted molar refractivity (Wildman–Crippen MR) is 108 cm³/mol. The Morgan fingerprint density at radius 1 is 0.893 bits per heavy atom. The first-order valence-electron chi connectivity index (χ1n) is 10.5. The molecular weight excluding hydrogens is 354 g/mol. The number of aromatic nitrogens is 2. The Hall–Kier alpha value is -2.41. The molecule has 0 saturated carbocycles. The lowest BCUT2D eigenvalue weighted by molar-refractivity contribution is 0.0630. The number of likely N-dealkylation sites (tertiary alicyclic amines) is 1. The van der Waals surface area contributed by atoms with Crippen molar-refractivity contribution in [1.29, 1.82) is 0 Å². The van der Waals surface area contributed by atoms with Crippen LogP contribution in [0.4, 0.5) is 0 Å². The first-order valence-corrected chi connectivity index (χ1v) is 10.5. The molecular formula is C21H29N5O2. The van der Waals surface area contributed by atoms with Crippen molar-refractivity contribution in [3.63, 3.8) is 0 Å². The number of carbonyl (C=O) groups excluding carboxylic acids is 2. The van der Waals surface area contributed by atoms with Gasteiger partial charge in [-0.15, -0.1) is 0 Å². The summed E-state index contributed by atoms with van der Waals surface area (Å²) in [4.78, 5) is 37.0. The van der Waals surface area contributed by atoms with E-state index in [-0.39, 0.29) is 11.8 Å². The van der Waals surface area contributed by atoms with Gasteiger partial charge in [0.25, 0.3) is 11.8 Å². The van der Waals surface area contributed by atoms with Gasteiger partial charge in [0.05, 0.1) is 5.52 Å². The molecule has 28 heavy (non-hydrogen) atoms. The molecule has 2 fully saturated rings. The van der Waals surface area contributed by atoms with Crippen LogP contribution in [0.5, 0.6) is 0 Å². The van der Waals surface area contributed by atoms with Gasteiger partial charge in [0.1, 0.15) is 0 Å². The number of hydrogen-bond donors (Lipinski definition) is 0. The van der Waals surface area contributed by atoms with Crippen LogP contribution < -0.4 is 0 Å². The number of likely N-dealkylation sites (N-methyl/N-ethyl adjacent to an activating group) is 1. The summed E-state index contributed by atoms with van der Waals surface area (Å²) in [7, 11) is 0. The number of carbonyl (C=O) groups is 2. The van der Waals surface area contributed by atoms with Crippen LogP contribution in [0.3, 0.4) is 0 Å². The Labute approximate surface area is 165 Å². The van der Waals surface area contributed by atoms with Crippen LogP contribution in [0.25, 0.3) is 5.52 Å². The second-order valence-electron chi connectivity index (χ2n) is 7.67. The van der Waals surface area contributed by atoms with Crippen LogP contribution in [0.15, 0.2) is 24.4 Å². The van der Waals surface area contributed by atoms with Crippen molar-refractivity contribution in [3.05, 3.63) is 35.9 Å². The zero-order valence-corrected chi connectivity index (χ0v) is 16.6. The van der Waals surface area contributed by atoms with E-state index < -0.39 is 0 Å². The number of fused-ring (bicyclic) bond motifs is 1. The molecule has 0 spiro atoms. The molecule has 4 heterocycles. The van der Waals surface area contributed by atoms with Crippen LogP contribution in [0.1, 0.15) is 53.7 Å². The fraction of sp³-hybridized carbons (Fsp3) is 0.571. The molecule has 0 radical (unpaired) electrons. The van der Waals surface area contributed by atoms with Gasteiger partial charge in [0.15, 0.2) is 5.69 Å². The summed E-state index contributed by atoms with van der Waals surface area (Å²) in [6, 6.07) is 5.65. The minimum absolute atomic E-state index is 0.0551. The van der Waals surface area contributed by atoms with Crippen LogP contribution in [0, 0.1) is 0 Å². The highest BCUT2D eigenvalue weighted by Gasteiger charge is 2.29. The van der Waals surface area contributed by atoms with Crippen LogP contribution in [-0.4, -0.2) is 81.7 Å². The van der Waals surface area contributed by atoms with Crippen molar-refractivity contribution in [2.45, 2.75) is 32.6 Å². The third-order valence-electron chi connectivity index (χ3n) is 5.94. The largest absolute Gasteiger partial charge is 0.337 e. The Kier molecular flexibility index (Phi) is 5.62. The van der Waals surface area contributed by atoms with Crippen molar-refractivity contribution < 1.29 is 9.59 Å². The molecule has 2 saturated heterocycles. The molecule has 2 aliphatic rings. The zero-order valence-electron chi connectivity index (χ0n) is 16.6. The van der Waals surface area contributed by atoms with E-state index >= 15 is 0 Å². The summed E-state index contributed by atoms with van der Waals surface area (Å²) in [5, 5.41) is 0. The van der Waals surface area contributed by atoms with Gasteiger partial charge in [-0.3, -0.25) is 14.0 Å². The van der Waals surface area contributed by atoms with E-state index in [9.17, 15) is 9.59 Å². The third-order valence-corrected chi connectivity index (χ3v) is 5.94. The van der Waals surface area contributed by atoms with E-state index in [0.29, 0.717) is 30.1 Å². The highest BCUT2D eigenvalue weighted by molar-refractivity contribution is 6.02. The van der Waals surface area contributed by atoms with Gasteiger partial charge in [-0.05, 0) is 31.5 Å². The molecule has 0 aliphatic carbocycles. The van der Waals surface area contributed by atoms with Crippen molar-refractivity contribution in [3.8, 4) is 0 Å². The molecule has 2 aromatic heterocycles. The molecule has 0 aromatic carbocycles. The van der Waals surface area contributed by atoms with E-state index in [1.54, 1.807) is 4.40 Å².